The second kappa shape index (κ2) is 17.4. The Kier molecular flexibility index (Phi) is 14.7. The number of rotatable bonds is 18. The molecule has 38 heavy (non-hydrogen) atoms. The summed E-state index contributed by atoms with van der Waals surface area (Å²) < 4.78 is 0. The third-order valence-electron chi connectivity index (χ3n) is 6.68. The maximum Gasteiger partial charge on any atom is 0.315 e. The molecule has 2 saturated heterocycles. The van der Waals surface area contributed by atoms with Gasteiger partial charge in [0.25, 0.3) is 0 Å². The summed E-state index contributed by atoms with van der Waals surface area (Å²) >= 11 is 1.91. The Morgan fingerprint density at radius 3 is 1.95 bits per heavy atom. The summed E-state index contributed by atoms with van der Waals surface area (Å²) in [4.78, 5) is 47.1. The normalized spacial score (nSPS) is 20.3. The molecule has 2 rings (SSSR count). The number of carbonyl (C=O) groups excluding carboxylic acids is 4. The molecule has 0 aromatic carbocycles. The van der Waals surface area contributed by atoms with Crippen LogP contribution in [0.5, 0.6) is 0 Å². The van der Waals surface area contributed by atoms with Crippen LogP contribution >= 0.6 is 11.8 Å². The molecule has 218 valence electrons. The zero-order valence-electron chi connectivity index (χ0n) is 23.6. The molecule has 3 atom stereocenters. The smallest absolute Gasteiger partial charge is 0.315 e. The predicted octanol–water partition coefficient (Wildman–Crippen LogP) is 3.16. The van der Waals surface area contributed by atoms with Crippen LogP contribution in [0.25, 0.3) is 0 Å². The SMILES string of the molecule is CC(C)(C)NC(=O)NCCCCCCNC(=O)CCCCCNC(=O)CCCCC1SC[C@@H]2NC(=O)N[C@H]12. The van der Waals surface area contributed by atoms with Gasteiger partial charge in [-0.15, -0.1) is 0 Å². The van der Waals surface area contributed by atoms with Crippen LogP contribution in [0.2, 0.25) is 0 Å². The summed E-state index contributed by atoms with van der Waals surface area (Å²) in [5.74, 6) is 1.16. The fourth-order valence-electron chi connectivity index (χ4n) is 4.68. The van der Waals surface area contributed by atoms with Crippen molar-refractivity contribution >= 4 is 35.6 Å². The highest BCUT2D eigenvalue weighted by atomic mass is 32.2. The Labute approximate surface area is 232 Å². The van der Waals surface area contributed by atoms with E-state index in [0.29, 0.717) is 37.7 Å². The summed E-state index contributed by atoms with van der Waals surface area (Å²) in [6.07, 6.45) is 10.5. The Bertz CT molecular complexity index is 760. The third kappa shape index (κ3) is 14.1. The van der Waals surface area contributed by atoms with Gasteiger partial charge in [0.15, 0.2) is 0 Å². The Hall–Kier alpha value is -2.17. The maximum atomic E-state index is 12.0. The molecule has 6 amide bonds. The highest BCUT2D eigenvalue weighted by Crippen LogP contribution is 2.33. The van der Waals surface area contributed by atoms with Crippen LogP contribution in [0.1, 0.15) is 97.8 Å². The quantitative estimate of drug-likeness (QED) is 0.114. The lowest BCUT2D eigenvalue weighted by molar-refractivity contribution is -0.122. The second-order valence-corrected chi connectivity index (χ2v) is 12.7. The first kappa shape index (κ1) is 32.0. The summed E-state index contributed by atoms with van der Waals surface area (Å²) in [6, 6.07) is 0.305. The molecule has 2 heterocycles. The van der Waals surface area contributed by atoms with Gasteiger partial charge in [0, 0.05) is 49.0 Å². The number of unbranched alkanes of at least 4 members (excludes halogenated alkanes) is 6. The number of hydrogen-bond acceptors (Lipinski definition) is 5. The van der Waals surface area contributed by atoms with Gasteiger partial charge in [-0.25, -0.2) is 9.59 Å². The van der Waals surface area contributed by atoms with Gasteiger partial charge in [-0.05, 0) is 59.3 Å². The zero-order valence-corrected chi connectivity index (χ0v) is 24.4. The summed E-state index contributed by atoms with van der Waals surface area (Å²) in [7, 11) is 0. The van der Waals surface area contributed by atoms with E-state index in [9.17, 15) is 19.2 Å². The van der Waals surface area contributed by atoms with E-state index >= 15 is 0 Å². The third-order valence-corrected chi connectivity index (χ3v) is 8.19. The van der Waals surface area contributed by atoms with Crippen LogP contribution in [-0.4, -0.2) is 72.1 Å². The molecule has 1 unspecified atom stereocenters. The number of fused-ring (bicyclic) bond motifs is 1. The van der Waals surface area contributed by atoms with Crippen LogP contribution in [0, 0.1) is 0 Å². The van der Waals surface area contributed by atoms with E-state index in [0.717, 1.165) is 70.0 Å². The molecule has 6 N–H and O–H groups in total. The van der Waals surface area contributed by atoms with E-state index in [1.54, 1.807) is 0 Å². The Morgan fingerprint density at radius 2 is 1.34 bits per heavy atom. The standard InChI is InChI=1S/C27H50N6O4S/c1-27(2,3)33-25(36)30-18-11-5-4-10-16-28-22(34)14-7-6-12-17-29-23(35)15-9-8-13-21-24-20(19-38-21)31-26(37)32-24/h20-21,24H,4-19H2,1-3H3,(H,28,34)(H,29,35)(H2,30,33,36)(H2,31,32,37)/t20-,21?,24-/m0/s1. The maximum absolute atomic E-state index is 12.0. The van der Waals surface area contributed by atoms with Gasteiger partial charge in [-0.1, -0.05) is 25.7 Å². The van der Waals surface area contributed by atoms with Crippen molar-refractivity contribution in [2.24, 2.45) is 0 Å². The Morgan fingerprint density at radius 1 is 0.789 bits per heavy atom. The minimum Gasteiger partial charge on any atom is -0.356 e. The first-order valence-electron chi connectivity index (χ1n) is 14.4. The van der Waals surface area contributed by atoms with Crippen molar-refractivity contribution < 1.29 is 19.2 Å². The monoisotopic (exact) mass is 554 g/mol. The van der Waals surface area contributed by atoms with Crippen molar-refractivity contribution in [2.45, 2.75) is 121 Å². The van der Waals surface area contributed by atoms with E-state index in [1.807, 2.05) is 32.5 Å². The number of hydrogen-bond donors (Lipinski definition) is 6. The average Bonchev–Trinajstić information content (AvgIpc) is 3.38. The van der Waals surface area contributed by atoms with Crippen LogP contribution in [0.15, 0.2) is 0 Å². The molecule has 0 radical (unpaired) electrons. The minimum absolute atomic E-state index is 0.0541. The van der Waals surface area contributed by atoms with Crippen LogP contribution in [-0.2, 0) is 9.59 Å². The largest absolute Gasteiger partial charge is 0.356 e. The van der Waals surface area contributed by atoms with Crippen molar-refractivity contribution in [1.29, 1.82) is 0 Å². The number of amides is 6. The molecule has 10 nitrogen and oxygen atoms in total. The van der Waals surface area contributed by atoms with Gasteiger partial charge in [0.2, 0.25) is 11.8 Å². The molecular weight excluding hydrogens is 504 g/mol. The zero-order chi connectivity index (χ0) is 27.8. The second-order valence-electron chi connectivity index (χ2n) is 11.4. The van der Waals surface area contributed by atoms with E-state index in [4.69, 9.17) is 0 Å². The molecule has 2 aliphatic heterocycles. The summed E-state index contributed by atoms with van der Waals surface area (Å²) in [6.45, 7) is 7.87. The topological polar surface area (TPSA) is 140 Å². The molecule has 0 saturated carbocycles. The number of thioether (sulfide) groups is 1. The van der Waals surface area contributed by atoms with E-state index in [2.05, 4.69) is 31.9 Å². The fraction of sp³-hybridized carbons (Fsp3) is 0.852. The molecular formula is C27H50N6O4S. The lowest BCUT2D eigenvalue weighted by Crippen LogP contribution is -2.46. The van der Waals surface area contributed by atoms with Gasteiger partial charge >= 0.3 is 12.1 Å². The minimum atomic E-state index is -0.228. The number of carbonyl (C=O) groups is 4. The van der Waals surface area contributed by atoms with Crippen LogP contribution in [0.4, 0.5) is 9.59 Å². The highest BCUT2D eigenvalue weighted by Gasteiger charge is 2.42. The van der Waals surface area contributed by atoms with Gasteiger partial charge in [0.1, 0.15) is 0 Å². The number of urea groups is 2. The highest BCUT2D eigenvalue weighted by molar-refractivity contribution is 8.00. The van der Waals surface area contributed by atoms with E-state index < -0.39 is 0 Å². The molecule has 0 aromatic heterocycles. The predicted molar refractivity (Wildman–Crippen MR) is 153 cm³/mol. The lowest BCUT2D eigenvalue weighted by Gasteiger charge is -2.20. The first-order chi connectivity index (χ1) is 18.1. The molecule has 2 aliphatic rings. The summed E-state index contributed by atoms with van der Waals surface area (Å²) in [5, 5.41) is 18.1. The molecule has 0 bridgehead atoms. The summed E-state index contributed by atoms with van der Waals surface area (Å²) in [5.41, 5.74) is -0.228. The molecule has 11 heteroatoms. The van der Waals surface area contributed by atoms with E-state index in [-0.39, 0.29) is 41.5 Å². The van der Waals surface area contributed by atoms with Gasteiger partial charge < -0.3 is 31.9 Å². The number of nitrogens with one attached hydrogen (secondary N) is 6. The van der Waals surface area contributed by atoms with E-state index in [1.165, 1.54) is 0 Å². The van der Waals surface area contributed by atoms with Gasteiger partial charge in [0.05, 0.1) is 12.1 Å². The van der Waals surface area contributed by atoms with Gasteiger partial charge in [-0.3, -0.25) is 9.59 Å². The average molecular weight is 555 g/mol. The van der Waals surface area contributed by atoms with Crippen molar-refractivity contribution in [3.8, 4) is 0 Å². The van der Waals surface area contributed by atoms with Gasteiger partial charge in [-0.2, -0.15) is 11.8 Å². The molecule has 2 fully saturated rings. The van der Waals surface area contributed by atoms with Crippen molar-refractivity contribution in [3.05, 3.63) is 0 Å². The Balaban J connectivity index is 1.31. The van der Waals surface area contributed by atoms with Crippen LogP contribution < -0.4 is 31.9 Å². The lowest BCUT2D eigenvalue weighted by atomic mass is 10.0. The molecule has 0 aliphatic carbocycles. The fourth-order valence-corrected chi connectivity index (χ4v) is 6.23. The molecule has 0 aromatic rings. The first-order valence-corrected chi connectivity index (χ1v) is 15.5. The van der Waals surface area contributed by atoms with Crippen molar-refractivity contribution in [1.82, 2.24) is 31.9 Å². The van der Waals surface area contributed by atoms with Crippen molar-refractivity contribution in [2.75, 3.05) is 25.4 Å². The van der Waals surface area contributed by atoms with Crippen molar-refractivity contribution in [3.63, 3.8) is 0 Å². The molecule has 0 spiro atoms. The van der Waals surface area contributed by atoms with Crippen LogP contribution in [0.3, 0.4) is 0 Å².